The summed E-state index contributed by atoms with van der Waals surface area (Å²) in [5.74, 6) is 0. The van der Waals surface area contributed by atoms with Gasteiger partial charge >= 0.3 is 0 Å². The van der Waals surface area contributed by atoms with Crippen LogP contribution in [0.2, 0.25) is 0 Å². The molecule has 2 rings (SSSR count). The van der Waals surface area contributed by atoms with E-state index in [2.05, 4.69) is 41.5 Å². The number of rotatable bonds is 7. The molecule has 0 aliphatic carbocycles. The highest BCUT2D eigenvalue weighted by molar-refractivity contribution is 7.21. The van der Waals surface area contributed by atoms with Gasteiger partial charge in [0.2, 0.25) is 0 Å². The fraction of sp³-hybridized carbons (Fsp3) is 0.538. The minimum absolute atomic E-state index is 1.02. The molecule has 0 radical (unpaired) electrons. The first-order valence-electron chi connectivity index (χ1n) is 6.45. The fourth-order valence-corrected chi connectivity index (χ4v) is 3.56. The van der Waals surface area contributed by atoms with Crippen LogP contribution in [0.3, 0.4) is 0 Å². The van der Waals surface area contributed by atoms with Crippen molar-refractivity contribution >= 4 is 22.7 Å². The lowest BCUT2D eigenvalue weighted by Gasteiger charge is -1.97. The van der Waals surface area contributed by atoms with Crippen molar-refractivity contribution in [2.45, 2.75) is 33.1 Å². The molecule has 1 N–H and O–H groups in total. The van der Waals surface area contributed by atoms with E-state index >= 15 is 0 Å². The summed E-state index contributed by atoms with van der Waals surface area (Å²) in [6, 6.07) is 4.35. The van der Waals surface area contributed by atoms with Gasteiger partial charge in [-0.1, -0.05) is 25.2 Å². The van der Waals surface area contributed by atoms with E-state index in [-0.39, 0.29) is 0 Å². The van der Waals surface area contributed by atoms with Gasteiger partial charge in [-0.2, -0.15) is 0 Å². The van der Waals surface area contributed by atoms with Crippen molar-refractivity contribution in [1.82, 2.24) is 15.5 Å². The average Bonchev–Trinajstić information content (AvgIpc) is 3.03. The topological polar surface area (TPSA) is 37.8 Å². The molecule has 2 heterocycles. The molecule has 3 nitrogen and oxygen atoms in total. The Morgan fingerprint density at radius 1 is 1.17 bits per heavy atom. The minimum Gasteiger partial charge on any atom is -0.317 e. The van der Waals surface area contributed by atoms with E-state index in [0.29, 0.717) is 0 Å². The fourth-order valence-electron chi connectivity index (χ4n) is 1.68. The lowest BCUT2D eigenvalue weighted by Crippen LogP contribution is -2.14. The molecule has 98 valence electrons. The van der Waals surface area contributed by atoms with Crippen LogP contribution < -0.4 is 5.32 Å². The van der Waals surface area contributed by atoms with Crippen LogP contribution in [0.15, 0.2) is 12.1 Å². The molecule has 0 spiro atoms. The molecule has 0 fully saturated rings. The van der Waals surface area contributed by atoms with Gasteiger partial charge in [-0.15, -0.1) is 21.5 Å². The molecule has 5 heteroatoms. The highest BCUT2D eigenvalue weighted by atomic mass is 32.1. The number of hydrogen-bond acceptors (Lipinski definition) is 5. The van der Waals surface area contributed by atoms with Crippen LogP contribution in [0.4, 0.5) is 0 Å². The van der Waals surface area contributed by atoms with Gasteiger partial charge in [0.1, 0.15) is 5.01 Å². The van der Waals surface area contributed by atoms with Crippen molar-refractivity contribution in [3.8, 4) is 9.88 Å². The zero-order valence-electron chi connectivity index (χ0n) is 10.9. The van der Waals surface area contributed by atoms with E-state index in [1.165, 1.54) is 9.75 Å². The van der Waals surface area contributed by atoms with Crippen molar-refractivity contribution in [3.05, 3.63) is 22.0 Å². The van der Waals surface area contributed by atoms with Crippen molar-refractivity contribution in [3.63, 3.8) is 0 Å². The Balaban J connectivity index is 1.93. The number of aryl methyl sites for hydroxylation is 2. The maximum atomic E-state index is 4.29. The predicted molar refractivity (Wildman–Crippen MR) is 79.5 cm³/mol. The van der Waals surface area contributed by atoms with Gasteiger partial charge in [0.25, 0.3) is 0 Å². The molecule has 2 aromatic heterocycles. The van der Waals surface area contributed by atoms with Crippen molar-refractivity contribution in [2.75, 3.05) is 13.1 Å². The molecular weight excluding hydrogens is 262 g/mol. The predicted octanol–water partition coefficient (Wildman–Crippen LogP) is 3.37. The zero-order chi connectivity index (χ0) is 12.8. The highest BCUT2D eigenvalue weighted by Crippen LogP contribution is 2.30. The second-order valence-electron chi connectivity index (χ2n) is 4.08. The molecule has 0 aliphatic heterocycles. The highest BCUT2D eigenvalue weighted by Gasteiger charge is 2.08. The van der Waals surface area contributed by atoms with Gasteiger partial charge in [0, 0.05) is 11.3 Å². The van der Waals surface area contributed by atoms with Gasteiger partial charge in [-0.3, -0.25) is 0 Å². The van der Waals surface area contributed by atoms with Crippen LogP contribution >= 0.6 is 22.7 Å². The number of hydrogen-bond donors (Lipinski definition) is 1. The van der Waals surface area contributed by atoms with E-state index in [9.17, 15) is 0 Å². The van der Waals surface area contributed by atoms with Crippen LogP contribution in [0.1, 0.15) is 30.2 Å². The normalized spacial score (nSPS) is 11.0. The summed E-state index contributed by atoms with van der Waals surface area (Å²) in [4.78, 5) is 2.66. The molecule has 0 aliphatic rings. The SMILES string of the molecule is CCNCCCc1nnc(-c2ccc(CC)s2)s1. The Hall–Kier alpha value is -0.780. The molecule has 0 aromatic carbocycles. The Bertz CT molecular complexity index is 476. The van der Waals surface area contributed by atoms with Crippen molar-refractivity contribution in [1.29, 1.82) is 0 Å². The van der Waals surface area contributed by atoms with Crippen LogP contribution in [0, 0.1) is 0 Å². The third-order valence-electron chi connectivity index (χ3n) is 2.68. The molecule has 0 bridgehead atoms. The second kappa shape index (κ2) is 6.97. The minimum atomic E-state index is 1.02. The van der Waals surface area contributed by atoms with Crippen LogP contribution in [-0.4, -0.2) is 23.3 Å². The third kappa shape index (κ3) is 3.60. The Morgan fingerprint density at radius 2 is 2.06 bits per heavy atom. The first kappa shape index (κ1) is 13.6. The Morgan fingerprint density at radius 3 is 2.78 bits per heavy atom. The molecule has 0 unspecified atom stereocenters. The molecule has 0 saturated heterocycles. The van der Waals surface area contributed by atoms with E-state index in [1.54, 1.807) is 11.3 Å². The first-order chi connectivity index (χ1) is 8.83. The summed E-state index contributed by atoms with van der Waals surface area (Å²) in [6.45, 7) is 6.41. The maximum absolute atomic E-state index is 4.29. The van der Waals surface area contributed by atoms with Crippen molar-refractivity contribution in [2.24, 2.45) is 0 Å². The molecule has 18 heavy (non-hydrogen) atoms. The molecule has 0 saturated carbocycles. The molecule has 0 atom stereocenters. The van der Waals surface area contributed by atoms with Gasteiger partial charge in [-0.05, 0) is 38.1 Å². The monoisotopic (exact) mass is 281 g/mol. The van der Waals surface area contributed by atoms with Crippen molar-refractivity contribution < 1.29 is 0 Å². The van der Waals surface area contributed by atoms with E-state index in [1.807, 2.05) is 11.3 Å². The smallest absolute Gasteiger partial charge is 0.157 e. The summed E-state index contributed by atoms with van der Waals surface area (Å²) in [6.07, 6.45) is 3.25. The summed E-state index contributed by atoms with van der Waals surface area (Å²) >= 11 is 3.56. The van der Waals surface area contributed by atoms with Crippen LogP contribution in [-0.2, 0) is 12.8 Å². The van der Waals surface area contributed by atoms with E-state index in [4.69, 9.17) is 0 Å². The number of aromatic nitrogens is 2. The molecule has 0 amide bonds. The zero-order valence-corrected chi connectivity index (χ0v) is 12.5. The number of nitrogens with zero attached hydrogens (tertiary/aromatic N) is 2. The summed E-state index contributed by atoms with van der Waals surface area (Å²) in [5.41, 5.74) is 0. The quantitative estimate of drug-likeness (QED) is 0.791. The van der Waals surface area contributed by atoms with E-state index in [0.717, 1.165) is 42.4 Å². The van der Waals surface area contributed by atoms with Crippen LogP contribution in [0.25, 0.3) is 9.88 Å². The van der Waals surface area contributed by atoms with Gasteiger partial charge < -0.3 is 5.32 Å². The average molecular weight is 281 g/mol. The standard InChI is InChI=1S/C13H19N3S2/c1-3-10-7-8-11(17-10)13-16-15-12(18-13)6-5-9-14-4-2/h7-8,14H,3-6,9H2,1-2H3. The lowest BCUT2D eigenvalue weighted by molar-refractivity contribution is 0.669. The van der Waals surface area contributed by atoms with Crippen LogP contribution in [0.5, 0.6) is 0 Å². The van der Waals surface area contributed by atoms with Gasteiger partial charge in [-0.25, -0.2) is 0 Å². The molecule has 2 aromatic rings. The first-order valence-corrected chi connectivity index (χ1v) is 8.09. The largest absolute Gasteiger partial charge is 0.317 e. The van der Waals surface area contributed by atoms with Gasteiger partial charge in [0.05, 0.1) is 4.88 Å². The summed E-state index contributed by atoms with van der Waals surface area (Å²) in [7, 11) is 0. The summed E-state index contributed by atoms with van der Waals surface area (Å²) < 4.78 is 0. The number of nitrogens with one attached hydrogen (secondary N) is 1. The maximum Gasteiger partial charge on any atom is 0.157 e. The van der Waals surface area contributed by atoms with E-state index < -0.39 is 0 Å². The Labute approximate surface area is 116 Å². The lowest BCUT2D eigenvalue weighted by atomic mass is 10.3. The summed E-state index contributed by atoms with van der Waals surface area (Å²) in [5, 5.41) is 14.1. The second-order valence-corrected chi connectivity index (χ2v) is 6.31. The Kier molecular flexibility index (Phi) is 5.28. The third-order valence-corrected chi connectivity index (χ3v) is 5.06. The number of thiophene rings is 1. The molecular formula is C13H19N3S2. The van der Waals surface area contributed by atoms with Gasteiger partial charge in [0.15, 0.2) is 5.01 Å².